The highest BCUT2D eigenvalue weighted by Crippen LogP contribution is 2.36. The van der Waals surface area contributed by atoms with Crippen molar-refractivity contribution < 1.29 is 14.2 Å². The van der Waals surface area contributed by atoms with Crippen LogP contribution in [0.2, 0.25) is 0 Å². The topological polar surface area (TPSA) is 32.7 Å². The molecule has 2 heterocycles. The Labute approximate surface area is 119 Å². The Bertz CT molecular complexity index is 491. The van der Waals surface area contributed by atoms with Crippen LogP contribution in [0.25, 0.3) is 0 Å². The molecule has 3 rings (SSSR count). The number of halogens is 1. The molecule has 20 heavy (non-hydrogen) atoms. The second-order valence-corrected chi connectivity index (χ2v) is 6.37. The monoisotopic (exact) mass is 279 g/mol. The molecular formula is C16H22FNO2. The molecule has 0 spiro atoms. The van der Waals surface area contributed by atoms with Crippen molar-refractivity contribution in [3.05, 3.63) is 35.1 Å². The van der Waals surface area contributed by atoms with E-state index in [2.05, 4.69) is 11.9 Å². The molecule has 2 aliphatic heterocycles. The van der Waals surface area contributed by atoms with Gasteiger partial charge in [-0.05, 0) is 37.9 Å². The van der Waals surface area contributed by atoms with E-state index in [9.17, 15) is 9.50 Å². The third-order valence-electron chi connectivity index (χ3n) is 4.79. The molecular weight excluding hydrogens is 257 g/mol. The van der Waals surface area contributed by atoms with Gasteiger partial charge in [0.15, 0.2) is 0 Å². The quantitative estimate of drug-likeness (QED) is 0.897. The third-order valence-corrected chi connectivity index (χ3v) is 4.79. The summed E-state index contributed by atoms with van der Waals surface area (Å²) >= 11 is 0. The van der Waals surface area contributed by atoms with Gasteiger partial charge >= 0.3 is 0 Å². The lowest BCUT2D eigenvalue weighted by molar-refractivity contribution is -0.133. The first kappa shape index (κ1) is 14.0. The zero-order valence-electron chi connectivity index (χ0n) is 12.1. The number of piperidine rings is 1. The van der Waals surface area contributed by atoms with E-state index < -0.39 is 5.60 Å². The highest BCUT2D eigenvalue weighted by Gasteiger charge is 2.44. The van der Waals surface area contributed by atoms with Crippen molar-refractivity contribution in [3.63, 3.8) is 0 Å². The first-order valence-corrected chi connectivity index (χ1v) is 7.24. The normalized spacial score (nSPS) is 34.2. The van der Waals surface area contributed by atoms with Crippen LogP contribution < -0.4 is 0 Å². The number of rotatable bonds is 2. The highest BCUT2D eigenvalue weighted by atomic mass is 19.1. The van der Waals surface area contributed by atoms with Gasteiger partial charge in [-0.3, -0.25) is 4.90 Å². The first-order valence-electron chi connectivity index (χ1n) is 7.24. The lowest BCUT2D eigenvalue weighted by Gasteiger charge is -2.50. The summed E-state index contributed by atoms with van der Waals surface area (Å²) in [5.41, 5.74) is 0.443. The van der Waals surface area contributed by atoms with Crippen molar-refractivity contribution in [2.45, 2.75) is 43.9 Å². The Hall–Kier alpha value is -0.970. The summed E-state index contributed by atoms with van der Waals surface area (Å²) in [7, 11) is 2.09. The van der Waals surface area contributed by atoms with E-state index in [-0.39, 0.29) is 17.9 Å². The van der Waals surface area contributed by atoms with Gasteiger partial charge in [0.2, 0.25) is 0 Å². The zero-order valence-corrected chi connectivity index (χ0v) is 12.1. The van der Waals surface area contributed by atoms with Gasteiger partial charge in [-0.1, -0.05) is 18.2 Å². The van der Waals surface area contributed by atoms with Gasteiger partial charge in [-0.2, -0.15) is 0 Å². The third kappa shape index (κ3) is 2.48. The number of aryl methyl sites for hydroxylation is 1. The van der Waals surface area contributed by atoms with Crippen molar-refractivity contribution in [2.75, 3.05) is 20.3 Å². The van der Waals surface area contributed by atoms with Crippen LogP contribution in [0.4, 0.5) is 4.39 Å². The molecule has 2 unspecified atom stereocenters. The lowest BCUT2D eigenvalue weighted by Crippen LogP contribution is -2.60. The number of fused-ring (bicyclic) bond motifs is 2. The molecule has 4 heteroatoms. The van der Waals surface area contributed by atoms with Crippen LogP contribution >= 0.6 is 0 Å². The fraction of sp³-hybridized carbons (Fsp3) is 0.625. The van der Waals surface area contributed by atoms with E-state index in [0.717, 1.165) is 0 Å². The van der Waals surface area contributed by atoms with Crippen LogP contribution in [-0.2, 0) is 11.2 Å². The summed E-state index contributed by atoms with van der Waals surface area (Å²) in [5, 5.41) is 10.9. The number of aliphatic hydroxyl groups is 1. The molecule has 0 radical (unpaired) electrons. The standard InChI is InChI=1S/C16H22FNO2/c1-11-4-3-5-12(15(11)17)6-16(19)7-13-9-20-10-14(8-16)18(13)2/h3-5,13-14,19H,6-10H2,1-2H3. The Morgan fingerprint density at radius 1 is 1.35 bits per heavy atom. The Kier molecular flexibility index (Phi) is 3.56. The molecule has 2 atom stereocenters. The minimum absolute atomic E-state index is 0.179. The first-order chi connectivity index (χ1) is 9.48. The maximum absolute atomic E-state index is 14.1. The van der Waals surface area contributed by atoms with Crippen LogP contribution in [0.5, 0.6) is 0 Å². The predicted molar refractivity (Wildman–Crippen MR) is 75.2 cm³/mol. The van der Waals surface area contributed by atoms with Crippen LogP contribution in [0, 0.1) is 12.7 Å². The number of morpholine rings is 1. The summed E-state index contributed by atoms with van der Waals surface area (Å²) in [5.74, 6) is -0.179. The van der Waals surface area contributed by atoms with Gasteiger partial charge in [0.1, 0.15) is 5.82 Å². The minimum atomic E-state index is -0.819. The molecule has 0 amide bonds. The molecule has 2 bridgehead atoms. The molecule has 1 aromatic rings. The average Bonchev–Trinajstić information content (AvgIpc) is 2.37. The Morgan fingerprint density at radius 3 is 2.65 bits per heavy atom. The average molecular weight is 279 g/mol. The van der Waals surface area contributed by atoms with Gasteiger partial charge in [-0.15, -0.1) is 0 Å². The van der Waals surface area contributed by atoms with E-state index in [1.54, 1.807) is 19.1 Å². The number of hydrogen-bond acceptors (Lipinski definition) is 3. The molecule has 0 aliphatic carbocycles. The number of ether oxygens (including phenoxy) is 1. The Balaban J connectivity index is 1.81. The zero-order chi connectivity index (χ0) is 14.3. The van der Waals surface area contributed by atoms with Crippen LogP contribution in [0.3, 0.4) is 0 Å². The van der Waals surface area contributed by atoms with E-state index in [1.165, 1.54) is 0 Å². The summed E-state index contributed by atoms with van der Waals surface area (Å²) in [6.07, 6.45) is 1.68. The summed E-state index contributed by atoms with van der Waals surface area (Å²) in [6.45, 7) is 3.08. The van der Waals surface area contributed by atoms with E-state index in [1.807, 2.05) is 6.07 Å². The number of hydrogen-bond donors (Lipinski definition) is 1. The predicted octanol–water partition coefficient (Wildman–Crippen LogP) is 1.90. The summed E-state index contributed by atoms with van der Waals surface area (Å²) in [6, 6.07) is 5.88. The maximum Gasteiger partial charge on any atom is 0.129 e. The molecule has 1 aromatic carbocycles. The van der Waals surface area contributed by atoms with Crippen molar-refractivity contribution >= 4 is 0 Å². The fourth-order valence-corrected chi connectivity index (χ4v) is 3.58. The van der Waals surface area contributed by atoms with Crippen LogP contribution in [-0.4, -0.2) is 48.0 Å². The molecule has 3 nitrogen and oxygen atoms in total. The van der Waals surface area contributed by atoms with Crippen LogP contribution in [0.1, 0.15) is 24.0 Å². The largest absolute Gasteiger partial charge is 0.389 e. The minimum Gasteiger partial charge on any atom is -0.389 e. The van der Waals surface area contributed by atoms with Crippen molar-refractivity contribution in [3.8, 4) is 0 Å². The second-order valence-electron chi connectivity index (χ2n) is 6.37. The fourth-order valence-electron chi connectivity index (χ4n) is 3.58. The number of nitrogens with zero attached hydrogens (tertiary/aromatic N) is 1. The Morgan fingerprint density at radius 2 is 2.00 bits per heavy atom. The smallest absolute Gasteiger partial charge is 0.129 e. The van der Waals surface area contributed by atoms with Gasteiger partial charge in [0, 0.05) is 18.5 Å². The highest BCUT2D eigenvalue weighted by molar-refractivity contribution is 5.26. The van der Waals surface area contributed by atoms with Crippen LogP contribution in [0.15, 0.2) is 18.2 Å². The summed E-state index contributed by atoms with van der Waals surface area (Å²) in [4.78, 5) is 2.30. The maximum atomic E-state index is 14.1. The van der Waals surface area contributed by atoms with Gasteiger partial charge in [0.25, 0.3) is 0 Å². The molecule has 110 valence electrons. The van der Waals surface area contributed by atoms with Gasteiger partial charge in [0.05, 0.1) is 18.8 Å². The van der Waals surface area contributed by atoms with Crippen molar-refractivity contribution in [1.82, 2.24) is 4.90 Å². The lowest BCUT2D eigenvalue weighted by atomic mass is 9.77. The molecule has 1 N–H and O–H groups in total. The summed E-state index contributed by atoms with van der Waals surface area (Å²) < 4.78 is 19.7. The second kappa shape index (κ2) is 5.10. The van der Waals surface area contributed by atoms with Crippen molar-refractivity contribution in [1.29, 1.82) is 0 Å². The molecule has 0 saturated carbocycles. The van der Waals surface area contributed by atoms with E-state index in [4.69, 9.17) is 4.74 Å². The van der Waals surface area contributed by atoms with Crippen molar-refractivity contribution in [2.24, 2.45) is 0 Å². The number of likely N-dealkylation sites (N-methyl/N-ethyl adjacent to an activating group) is 1. The SMILES string of the molecule is Cc1cccc(CC2(O)CC3COCC(C2)N3C)c1F. The van der Waals surface area contributed by atoms with Gasteiger partial charge in [-0.25, -0.2) is 4.39 Å². The van der Waals surface area contributed by atoms with Gasteiger partial charge < -0.3 is 9.84 Å². The number of benzene rings is 1. The molecule has 0 aromatic heterocycles. The molecule has 2 fully saturated rings. The molecule has 2 saturated heterocycles. The molecule has 2 aliphatic rings. The van der Waals surface area contributed by atoms with E-state index >= 15 is 0 Å². The van der Waals surface area contributed by atoms with E-state index in [0.29, 0.717) is 43.6 Å².